The minimum atomic E-state index is 0.279. The summed E-state index contributed by atoms with van der Waals surface area (Å²) in [5.41, 5.74) is 0. The number of halogens is 1. The second-order valence-electron chi connectivity index (χ2n) is 3.95. The summed E-state index contributed by atoms with van der Waals surface area (Å²) in [4.78, 5) is 6.61. The molecule has 0 aromatic carbocycles. The second kappa shape index (κ2) is 4.94. The standard InChI is InChI=1S/C11H15BrN2O/c12-10-4-1-5-13-11(10)14-6-2-3-9(7-14)8-15/h1,4-5,9,15H,2-3,6-8H2. The molecule has 1 saturated heterocycles. The fourth-order valence-corrected chi connectivity index (χ4v) is 2.52. The van der Waals surface area contributed by atoms with Crippen LogP contribution in [0.15, 0.2) is 22.8 Å². The minimum Gasteiger partial charge on any atom is -0.396 e. The molecule has 2 rings (SSSR count). The quantitative estimate of drug-likeness (QED) is 0.894. The van der Waals surface area contributed by atoms with Gasteiger partial charge < -0.3 is 10.0 Å². The van der Waals surface area contributed by atoms with E-state index in [1.807, 2.05) is 18.3 Å². The van der Waals surface area contributed by atoms with Crippen molar-refractivity contribution >= 4 is 21.7 Å². The van der Waals surface area contributed by atoms with Gasteiger partial charge in [0.15, 0.2) is 0 Å². The van der Waals surface area contributed by atoms with Gasteiger partial charge in [0, 0.05) is 25.9 Å². The smallest absolute Gasteiger partial charge is 0.142 e. The zero-order valence-corrected chi connectivity index (χ0v) is 10.2. The van der Waals surface area contributed by atoms with Crippen LogP contribution in [-0.4, -0.2) is 29.8 Å². The summed E-state index contributed by atoms with van der Waals surface area (Å²) in [6.45, 7) is 2.22. The van der Waals surface area contributed by atoms with Crippen LogP contribution in [0.25, 0.3) is 0 Å². The van der Waals surface area contributed by atoms with Gasteiger partial charge in [-0.3, -0.25) is 0 Å². The molecule has 4 heteroatoms. The van der Waals surface area contributed by atoms with E-state index in [1.165, 1.54) is 0 Å². The topological polar surface area (TPSA) is 36.4 Å². The summed E-state index contributed by atoms with van der Waals surface area (Å²) in [6, 6.07) is 3.92. The minimum absolute atomic E-state index is 0.279. The van der Waals surface area contributed by atoms with E-state index in [0.29, 0.717) is 5.92 Å². The number of pyridine rings is 1. The lowest BCUT2D eigenvalue weighted by Crippen LogP contribution is -2.37. The molecule has 2 heterocycles. The van der Waals surface area contributed by atoms with E-state index < -0.39 is 0 Å². The highest BCUT2D eigenvalue weighted by molar-refractivity contribution is 9.10. The van der Waals surface area contributed by atoms with Gasteiger partial charge in [0.05, 0.1) is 4.47 Å². The number of nitrogens with zero attached hydrogens (tertiary/aromatic N) is 2. The van der Waals surface area contributed by atoms with Gasteiger partial charge in [0.25, 0.3) is 0 Å². The molecule has 1 aromatic rings. The lowest BCUT2D eigenvalue weighted by molar-refractivity contribution is 0.208. The van der Waals surface area contributed by atoms with Gasteiger partial charge in [0.1, 0.15) is 5.82 Å². The Morgan fingerprint density at radius 2 is 2.47 bits per heavy atom. The van der Waals surface area contributed by atoms with Crippen molar-refractivity contribution in [2.45, 2.75) is 12.8 Å². The van der Waals surface area contributed by atoms with Crippen LogP contribution in [-0.2, 0) is 0 Å². The Morgan fingerprint density at radius 1 is 1.60 bits per heavy atom. The van der Waals surface area contributed by atoms with E-state index in [-0.39, 0.29) is 6.61 Å². The van der Waals surface area contributed by atoms with Crippen molar-refractivity contribution in [1.82, 2.24) is 4.98 Å². The first-order valence-corrected chi connectivity index (χ1v) is 6.07. The highest BCUT2D eigenvalue weighted by atomic mass is 79.9. The summed E-state index contributed by atoms with van der Waals surface area (Å²) >= 11 is 3.51. The van der Waals surface area contributed by atoms with Crippen LogP contribution in [0.5, 0.6) is 0 Å². The molecule has 1 unspecified atom stereocenters. The lowest BCUT2D eigenvalue weighted by Gasteiger charge is -2.33. The van der Waals surface area contributed by atoms with Gasteiger partial charge in [-0.25, -0.2) is 4.98 Å². The number of aliphatic hydroxyl groups excluding tert-OH is 1. The third kappa shape index (κ3) is 2.49. The fraction of sp³-hybridized carbons (Fsp3) is 0.545. The molecule has 1 aliphatic heterocycles. The normalized spacial score (nSPS) is 21.7. The summed E-state index contributed by atoms with van der Waals surface area (Å²) in [6.07, 6.45) is 4.06. The Morgan fingerprint density at radius 3 is 3.20 bits per heavy atom. The summed E-state index contributed by atoms with van der Waals surface area (Å²) < 4.78 is 1.03. The maximum absolute atomic E-state index is 9.17. The number of rotatable bonds is 2. The van der Waals surface area contributed by atoms with Crippen molar-refractivity contribution in [1.29, 1.82) is 0 Å². The molecule has 0 spiro atoms. The summed E-state index contributed by atoms with van der Waals surface area (Å²) in [7, 11) is 0. The molecule has 1 aromatic heterocycles. The van der Waals surface area contributed by atoms with Crippen LogP contribution in [0.3, 0.4) is 0 Å². The van der Waals surface area contributed by atoms with E-state index in [9.17, 15) is 0 Å². The predicted octanol–water partition coefficient (Wildman–Crippen LogP) is 2.05. The lowest BCUT2D eigenvalue weighted by atomic mass is 9.99. The number of hydrogen-bond acceptors (Lipinski definition) is 3. The number of aromatic nitrogens is 1. The Bertz CT molecular complexity index is 332. The first kappa shape index (κ1) is 10.9. The predicted molar refractivity (Wildman–Crippen MR) is 64.0 cm³/mol. The van der Waals surface area contributed by atoms with Crippen molar-refractivity contribution < 1.29 is 5.11 Å². The molecule has 1 N–H and O–H groups in total. The third-order valence-electron chi connectivity index (χ3n) is 2.82. The zero-order chi connectivity index (χ0) is 10.7. The Hall–Kier alpha value is -0.610. The summed E-state index contributed by atoms with van der Waals surface area (Å²) in [5.74, 6) is 1.39. The van der Waals surface area contributed by atoms with E-state index >= 15 is 0 Å². The van der Waals surface area contributed by atoms with Gasteiger partial charge in [-0.05, 0) is 46.8 Å². The van der Waals surface area contributed by atoms with Crippen LogP contribution in [0.1, 0.15) is 12.8 Å². The molecule has 0 bridgehead atoms. The first-order valence-electron chi connectivity index (χ1n) is 5.27. The molecule has 0 amide bonds. The van der Waals surface area contributed by atoms with Crippen LogP contribution >= 0.6 is 15.9 Å². The van der Waals surface area contributed by atoms with Gasteiger partial charge in [-0.15, -0.1) is 0 Å². The molecule has 0 saturated carbocycles. The van der Waals surface area contributed by atoms with Crippen molar-refractivity contribution in [2.75, 3.05) is 24.6 Å². The van der Waals surface area contributed by atoms with E-state index in [0.717, 1.165) is 36.2 Å². The Kier molecular flexibility index (Phi) is 3.59. The van der Waals surface area contributed by atoms with Crippen LogP contribution in [0.2, 0.25) is 0 Å². The van der Waals surface area contributed by atoms with Crippen LogP contribution in [0.4, 0.5) is 5.82 Å². The highest BCUT2D eigenvalue weighted by Crippen LogP contribution is 2.27. The highest BCUT2D eigenvalue weighted by Gasteiger charge is 2.21. The SMILES string of the molecule is OCC1CCCN(c2ncccc2Br)C1. The average Bonchev–Trinajstić information content (AvgIpc) is 2.30. The Labute approximate surface area is 98.3 Å². The average molecular weight is 271 g/mol. The first-order chi connectivity index (χ1) is 7.31. The monoisotopic (exact) mass is 270 g/mol. The zero-order valence-electron chi connectivity index (χ0n) is 8.56. The maximum Gasteiger partial charge on any atom is 0.142 e. The molecular weight excluding hydrogens is 256 g/mol. The number of aliphatic hydroxyl groups is 1. The number of hydrogen-bond donors (Lipinski definition) is 1. The van der Waals surface area contributed by atoms with E-state index in [4.69, 9.17) is 5.11 Å². The van der Waals surface area contributed by atoms with Crippen LogP contribution < -0.4 is 4.90 Å². The van der Waals surface area contributed by atoms with Crippen molar-refractivity contribution in [3.8, 4) is 0 Å². The van der Waals surface area contributed by atoms with E-state index in [1.54, 1.807) is 0 Å². The van der Waals surface area contributed by atoms with Crippen LogP contribution in [0, 0.1) is 5.92 Å². The second-order valence-corrected chi connectivity index (χ2v) is 4.80. The largest absolute Gasteiger partial charge is 0.396 e. The number of anilines is 1. The van der Waals surface area contributed by atoms with Crippen molar-refractivity contribution in [3.63, 3.8) is 0 Å². The molecule has 3 nitrogen and oxygen atoms in total. The van der Waals surface area contributed by atoms with Crippen molar-refractivity contribution in [2.24, 2.45) is 5.92 Å². The number of piperidine rings is 1. The molecule has 0 radical (unpaired) electrons. The van der Waals surface area contributed by atoms with Gasteiger partial charge in [-0.1, -0.05) is 0 Å². The van der Waals surface area contributed by atoms with Crippen molar-refractivity contribution in [3.05, 3.63) is 22.8 Å². The maximum atomic E-state index is 9.17. The van der Waals surface area contributed by atoms with Gasteiger partial charge >= 0.3 is 0 Å². The molecule has 1 aliphatic rings. The molecule has 15 heavy (non-hydrogen) atoms. The Balaban J connectivity index is 2.13. The third-order valence-corrected chi connectivity index (χ3v) is 3.43. The molecule has 0 aliphatic carbocycles. The molecular formula is C11H15BrN2O. The molecule has 82 valence electrons. The van der Waals surface area contributed by atoms with Gasteiger partial charge in [0.2, 0.25) is 0 Å². The van der Waals surface area contributed by atoms with E-state index in [2.05, 4.69) is 25.8 Å². The van der Waals surface area contributed by atoms with Gasteiger partial charge in [-0.2, -0.15) is 0 Å². The fourth-order valence-electron chi connectivity index (χ4n) is 2.02. The molecule has 1 fully saturated rings. The molecule has 1 atom stereocenters. The summed E-state index contributed by atoms with van der Waals surface area (Å²) in [5, 5.41) is 9.17.